The molecule has 0 unspecified atom stereocenters. The third-order valence-electron chi connectivity index (χ3n) is 3.14. The first-order chi connectivity index (χ1) is 6.65. The Kier molecular flexibility index (Phi) is 2.64. The van der Waals surface area contributed by atoms with E-state index >= 15 is 0 Å². The molecule has 1 aliphatic heterocycles. The summed E-state index contributed by atoms with van der Waals surface area (Å²) >= 11 is 2.95. The first kappa shape index (κ1) is 10.1. The minimum atomic E-state index is -0.438. The van der Waals surface area contributed by atoms with E-state index in [1.807, 2.05) is 3.92 Å². The van der Waals surface area contributed by atoms with E-state index in [1.54, 1.807) is 0 Å². The molecule has 1 N–H and O–H groups in total. The van der Waals surface area contributed by atoms with Crippen LogP contribution in [0.1, 0.15) is 25.7 Å². The number of piperazine rings is 1. The fraction of sp³-hybridized carbons (Fsp3) is 0.778. The SMILES string of the molecule is O=C1CCC2(CC1)C(=O)NCCN2[Se]. The number of ketones is 1. The van der Waals surface area contributed by atoms with Gasteiger partial charge in [0.05, 0.1) is 0 Å². The molecule has 0 aromatic rings. The van der Waals surface area contributed by atoms with Crippen molar-refractivity contribution in [3.63, 3.8) is 0 Å². The van der Waals surface area contributed by atoms with E-state index < -0.39 is 5.54 Å². The second-order valence-electron chi connectivity index (χ2n) is 3.93. The normalized spacial score (nSPS) is 27.8. The summed E-state index contributed by atoms with van der Waals surface area (Å²) in [6, 6.07) is 0. The summed E-state index contributed by atoms with van der Waals surface area (Å²) in [5.41, 5.74) is -0.438. The van der Waals surface area contributed by atoms with Crippen molar-refractivity contribution in [1.29, 1.82) is 0 Å². The molecule has 1 radical (unpaired) electrons. The van der Waals surface area contributed by atoms with E-state index in [9.17, 15) is 9.59 Å². The van der Waals surface area contributed by atoms with Crippen molar-refractivity contribution < 1.29 is 9.59 Å². The van der Waals surface area contributed by atoms with Gasteiger partial charge in [-0.2, -0.15) is 0 Å². The summed E-state index contributed by atoms with van der Waals surface area (Å²) in [6.07, 6.45) is 2.38. The summed E-state index contributed by atoms with van der Waals surface area (Å²) in [4.78, 5) is 22.9. The second-order valence-corrected chi connectivity index (χ2v) is 4.85. The Labute approximate surface area is 91.4 Å². The van der Waals surface area contributed by atoms with Crippen molar-refractivity contribution in [1.82, 2.24) is 9.23 Å². The molecule has 2 rings (SSSR count). The van der Waals surface area contributed by atoms with Crippen LogP contribution in [-0.4, -0.2) is 50.5 Å². The van der Waals surface area contributed by atoms with E-state index in [1.165, 1.54) is 0 Å². The first-order valence-electron chi connectivity index (χ1n) is 4.90. The molecule has 5 heteroatoms. The Morgan fingerprint density at radius 2 is 1.93 bits per heavy atom. The zero-order valence-electron chi connectivity index (χ0n) is 7.91. The van der Waals surface area contributed by atoms with Crippen molar-refractivity contribution in [3.8, 4) is 0 Å². The molecule has 1 heterocycles. The van der Waals surface area contributed by atoms with Gasteiger partial charge in [0.1, 0.15) is 0 Å². The number of rotatable bonds is 0. The zero-order chi connectivity index (χ0) is 10.2. The number of hydrogen-bond acceptors (Lipinski definition) is 3. The molecule has 1 saturated heterocycles. The fourth-order valence-corrected chi connectivity index (χ4v) is 2.93. The van der Waals surface area contributed by atoms with Gasteiger partial charge in [0.2, 0.25) is 0 Å². The average molecular weight is 260 g/mol. The molecule has 14 heavy (non-hydrogen) atoms. The van der Waals surface area contributed by atoms with Gasteiger partial charge in [-0.25, -0.2) is 0 Å². The average Bonchev–Trinajstić information content (AvgIpc) is 2.17. The van der Waals surface area contributed by atoms with Crippen LogP contribution in [0.4, 0.5) is 0 Å². The summed E-state index contributed by atoms with van der Waals surface area (Å²) in [7, 11) is 0. The quantitative estimate of drug-likeness (QED) is 0.591. The summed E-state index contributed by atoms with van der Waals surface area (Å²) in [5.74, 6) is 0.359. The van der Waals surface area contributed by atoms with E-state index in [0.717, 1.165) is 6.54 Å². The van der Waals surface area contributed by atoms with Crippen LogP contribution in [-0.2, 0) is 9.59 Å². The van der Waals surface area contributed by atoms with Crippen molar-refractivity contribution >= 4 is 27.9 Å². The van der Waals surface area contributed by atoms with Crippen LogP contribution in [0.5, 0.6) is 0 Å². The van der Waals surface area contributed by atoms with Crippen LogP contribution in [0, 0.1) is 0 Å². The van der Waals surface area contributed by atoms with Gasteiger partial charge in [-0.3, -0.25) is 0 Å². The Morgan fingerprint density at radius 1 is 1.29 bits per heavy atom. The standard InChI is InChI=1S/C9H13N2O2Se/c12-7-1-3-9(4-2-7)8(13)10-5-6-11(9)14/h1-6H2,(H,10,13). The van der Waals surface area contributed by atoms with Gasteiger partial charge in [0.15, 0.2) is 0 Å². The summed E-state index contributed by atoms with van der Waals surface area (Å²) in [5, 5.41) is 2.88. The predicted octanol–water partition coefficient (Wildman–Crippen LogP) is -0.616. The molecule has 0 atom stereocenters. The minimum absolute atomic E-state index is 0.0787. The second kappa shape index (κ2) is 3.65. The molecular weight excluding hydrogens is 247 g/mol. The van der Waals surface area contributed by atoms with Crippen molar-refractivity contribution in [2.24, 2.45) is 0 Å². The van der Waals surface area contributed by atoms with Gasteiger partial charge < -0.3 is 0 Å². The molecule has 1 aliphatic carbocycles. The van der Waals surface area contributed by atoms with Gasteiger partial charge in [0.25, 0.3) is 0 Å². The molecule has 1 amide bonds. The van der Waals surface area contributed by atoms with Gasteiger partial charge in [-0.05, 0) is 0 Å². The maximum atomic E-state index is 11.8. The molecule has 0 aromatic carbocycles. The molecule has 0 bridgehead atoms. The van der Waals surface area contributed by atoms with E-state index in [0.29, 0.717) is 32.2 Å². The van der Waals surface area contributed by atoms with E-state index in [2.05, 4.69) is 21.5 Å². The monoisotopic (exact) mass is 261 g/mol. The van der Waals surface area contributed by atoms with Crippen LogP contribution in [0.3, 0.4) is 0 Å². The number of amides is 1. The van der Waals surface area contributed by atoms with Crippen molar-refractivity contribution in [3.05, 3.63) is 0 Å². The number of nitrogens with one attached hydrogen (secondary N) is 1. The molecule has 77 valence electrons. The van der Waals surface area contributed by atoms with Gasteiger partial charge in [0, 0.05) is 0 Å². The topological polar surface area (TPSA) is 49.4 Å². The Bertz CT molecular complexity index is 270. The summed E-state index contributed by atoms with van der Waals surface area (Å²) in [6.45, 7) is 1.53. The number of Topliss-reactive ketones (excluding diaryl/α,β-unsaturated/α-hetero) is 1. The van der Waals surface area contributed by atoms with Gasteiger partial charge >= 0.3 is 91.1 Å². The van der Waals surface area contributed by atoms with Crippen LogP contribution < -0.4 is 5.32 Å². The molecular formula is C9H13N2O2Se. The fourth-order valence-electron chi connectivity index (χ4n) is 2.18. The van der Waals surface area contributed by atoms with Crippen LogP contribution in [0.2, 0.25) is 0 Å². The molecule has 1 saturated carbocycles. The zero-order valence-corrected chi connectivity index (χ0v) is 9.63. The van der Waals surface area contributed by atoms with Crippen molar-refractivity contribution in [2.45, 2.75) is 31.2 Å². The molecule has 0 aromatic heterocycles. The maximum absolute atomic E-state index is 11.8. The van der Waals surface area contributed by atoms with Crippen LogP contribution in [0.15, 0.2) is 0 Å². The molecule has 2 fully saturated rings. The third-order valence-corrected chi connectivity index (χ3v) is 4.25. The number of carbonyl (C=O) groups is 2. The molecule has 1 spiro atoms. The van der Waals surface area contributed by atoms with Gasteiger partial charge in [-0.15, -0.1) is 0 Å². The third kappa shape index (κ3) is 1.49. The van der Waals surface area contributed by atoms with Crippen LogP contribution >= 0.6 is 0 Å². The number of nitrogens with zero attached hydrogens (tertiary/aromatic N) is 1. The molecule has 2 aliphatic rings. The van der Waals surface area contributed by atoms with E-state index in [-0.39, 0.29) is 11.7 Å². The molecule has 4 nitrogen and oxygen atoms in total. The predicted molar refractivity (Wildman–Crippen MR) is 51.7 cm³/mol. The number of hydrogen-bond donors (Lipinski definition) is 1. The Morgan fingerprint density at radius 3 is 2.50 bits per heavy atom. The summed E-state index contributed by atoms with van der Waals surface area (Å²) < 4.78 is 1.98. The number of carbonyl (C=O) groups excluding carboxylic acids is 2. The first-order valence-corrected chi connectivity index (χ1v) is 5.66. The van der Waals surface area contributed by atoms with E-state index in [4.69, 9.17) is 0 Å². The van der Waals surface area contributed by atoms with Gasteiger partial charge in [-0.1, -0.05) is 0 Å². The Hall–Kier alpha value is -0.381. The Balaban J connectivity index is 2.18. The van der Waals surface area contributed by atoms with Crippen LogP contribution in [0.25, 0.3) is 0 Å². The van der Waals surface area contributed by atoms with Crippen molar-refractivity contribution in [2.75, 3.05) is 13.1 Å².